The molecule has 0 aliphatic heterocycles. The lowest BCUT2D eigenvalue weighted by Gasteiger charge is -2.21. The predicted molar refractivity (Wildman–Crippen MR) is 83.2 cm³/mol. The number of anilines is 1. The summed E-state index contributed by atoms with van der Waals surface area (Å²) in [6, 6.07) is 8.52. The first-order valence-electron chi connectivity index (χ1n) is 7.74. The van der Waals surface area contributed by atoms with Gasteiger partial charge in [-0.3, -0.25) is 0 Å². The van der Waals surface area contributed by atoms with Gasteiger partial charge < -0.3 is 9.88 Å². The Hall–Kier alpha value is -1.77. The molecule has 3 rings (SSSR count). The summed E-state index contributed by atoms with van der Waals surface area (Å²) < 4.78 is 2.03. The van der Waals surface area contributed by atoms with Gasteiger partial charge in [0.2, 0.25) is 0 Å². The van der Waals surface area contributed by atoms with Crippen molar-refractivity contribution in [2.75, 3.05) is 11.9 Å². The van der Waals surface area contributed by atoms with Crippen LogP contribution in [0.3, 0.4) is 0 Å². The van der Waals surface area contributed by atoms with Crippen LogP contribution in [-0.2, 0) is 0 Å². The van der Waals surface area contributed by atoms with Gasteiger partial charge in [-0.25, -0.2) is 4.98 Å². The van der Waals surface area contributed by atoms with Crippen LogP contribution in [0.2, 0.25) is 0 Å². The molecule has 1 aromatic heterocycles. The van der Waals surface area contributed by atoms with Gasteiger partial charge in [0.1, 0.15) is 0 Å². The average Bonchev–Trinajstić information content (AvgIpc) is 3.03. The van der Waals surface area contributed by atoms with Crippen molar-refractivity contribution in [2.45, 2.75) is 38.5 Å². The third kappa shape index (κ3) is 3.41. The summed E-state index contributed by atoms with van der Waals surface area (Å²) in [4.78, 5) is 4.09. The van der Waals surface area contributed by atoms with Crippen molar-refractivity contribution in [1.29, 1.82) is 0 Å². The molecule has 1 aliphatic carbocycles. The molecule has 2 aromatic rings. The van der Waals surface area contributed by atoms with E-state index in [4.69, 9.17) is 0 Å². The minimum atomic E-state index is 0.938. The highest BCUT2D eigenvalue weighted by Crippen LogP contribution is 2.26. The molecule has 0 bridgehead atoms. The van der Waals surface area contributed by atoms with Crippen LogP contribution in [0.1, 0.15) is 38.5 Å². The number of hydrogen-bond acceptors (Lipinski definition) is 2. The van der Waals surface area contributed by atoms with Gasteiger partial charge in [0.25, 0.3) is 0 Å². The molecule has 1 N–H and O–H groups in total. The van der Waals surface area contributed by atoms with Gasteiger partial charge in [-0.2, -0.15) is 0 Å². The van der Waals surface area contributed by atoms with Crippen LogP contribution in [0.4, 0.5) is 5.69 Å². The quantitative estimate of drug-likeness (QED) is 0.879. The highest BCUT2D eigenvalue weighted by molar-refractivity contribution is 5.51. The van der Waals surface area contributed by atoms with E-state index in [0.717, 1.165) is 18.2 Å². The summed E-state index contributed by atoms with van der Waals surface area (Å²) in [6.45, 7) is 1.08. The monoisotopic (exact) mass is 269 g/mol. The SMILES string of the molecule is c1cc(NCCC2CCCCC2)cc(-n2ccnc2)c1. The summed E-state index contributed by atoms with van der Waals surface area (Å²) in [6.07, 6.45) is 14.1. The minimum absolute atomic E-state index is 0.938. The third-order valence-electron chi connectivity index (χ3n) is 4.26. The van der Waals surface area contributed by atoms with Crippen LogP contribution in [0, 0.1) is 5.92 Å². The zero-order chi connectivity index (χ0) is 13.6. The maximum absolute atomic E-state index is 4.09. The molecule has 1 aromatic carbocycles. The van der Waals surface area contributed by atoms with Gasteiger partial charge in [-0.05, 0) is 30.5 Å². The summed E-state index contributed by atoms with van der Waals surface area (Å²) in [5.41, 5.74) is 2.36. The van der Waals surface area contributed by atoms with E-state index in [1.807, 2.05) is 23.3 Å². The maximum atomic E-state index is 4.09. The second-order valence-electron chi connectivity index (χ2n) is 5.74. The first-order valence-corrected chi connectivity index (χ1v) is 7.74. The normalized spacial score (nSPS) is 16.2. The number of rotatable bonds is 5. The minimum Gasteiger partial charge on any atom is -0.385 e. The van der Waals surface area contributed by atoms with E-state index in [2.05, 4.69) is 34.6 Å². The van der Waals surface area contributed by atoms with Crippen molar-refractivity contribution >= 4 is 5.69 Å². The Morgan fingerprint density at radius 2 is 2.10 bits per heavy atom. The van der Waals surface area contributed by atoms with Crippen LogP contribution in [0.5, 0.6) is 0 Å². The molecular weight excluding hydrogens is 246 g/mol. The zero-order valence-corrected chi connectivity index (χ0v) is 12.0. The Labute approximate surface area is 121 Å². The Balaban J connectivity index is 1.53. The number of aromatic nitrogens is 2. The summed E-state index contributed by atoms with van der Waals surface area (Å²) in [5.74, 6) is 0.938. The molecular formula is C17H23N3. The van der Waals surface area contributed by atoms with Crippen LogP contribution < -0.4 is 5.32 Å². The van der Waals surface area contributed by atoms with Crippen LogP contribution in [0.15, 0.2) is 43.0 Å². The number of nitrogens with zero attached hydrogens (tertiary/aromatic N) is 2. The standard InChI is InChI=1S/C17H23N3/c1-2-5-15(6-3-1)9-10-19-16-7-4-8-17(13-16)20-12-11-18-14-20/h4,7-8,11-15,19H,1-3,5-6,9-10H2. The highest BCUT2D eigenvalue weighted by Gasteiger charge is 2.12. The Morgan fingerprint density at radius 1 is 1.20 bits per heavy atom. The Kier molecular flexibility index (Phi) is 4.36. The van der Waals surface area contributed by atoms with Crippen LogP contribution >= 0.6 is 0 Å². The Morgan fingerprint density at radius 3 is 2.90 bits per heavy atom. The molecule has 3 heteroatoms. The summed E-state index contributed by atoms with van der Waals surface area (Å²) in [5, 5.41) is 3.56. The lowest BCUT2D eigenvalue weighted by atomic mass is 9.87. The van der Waals surface area contributed by atoms with Gasteiger partial charge in [0.05, 0.1) is 6.33 Å². The average molecular weight is 269 g/mol. The lowest BCUT2D eigenvalue weighted by molar-refractivity contribution is 0.345. The topological polar surface area (TPSA) is 29.9 Å². The largest absolute Gasteiger partial charge is 0.385 e. The van der Waals surface area contributed by atoms with Crippen molar-refractivity contribution in [3.05, 3.63) is 43.0 Å². The van der Waals surface area contributed by atoms with E-state index < -0.39 is 0 Å². The van der Waals surface area contributed by atoms with Crippen LogP contribution in [0.25, 0.3) is 5.69 Å². The summed E-state index contributed by atoms with van der Waals surface area (Å²) in [7, 11) is 0. The first-order chi connectivity index (χ1) is 9.92. The number of imidazole rings is 1. The van der Waals surface area contributed by atoms with Crippen molar-refractivity contribution in [3.8, 4) is 5.69 Å². The van der Waals surface area contributed by atoms with Crippen molar-refractivity contribution < 1.29 is 0 Å². The van der Waals surface area contributed by atoms with Gasteiger partial charge in [0.15, 0.2) is 0 Å². The van der Waals surface area contributed by atoms with Crippen molar-refractivity contribution in [2.24, 2.45) is 5.92 Å². The molecule has 1 fully saturated rings. The molecule has 0 spiro atoms. The molecule has 0 radical (unpaired) electrons. The smallest absolute Gasteiger partial charge is 0.0991 e. The van der Waals surface area contributed by atoms with Gasteiger partial charge in [-0.1, -0.05) is 38.2 Å². The zero-order valence-electron chi connectivity index (χ0n) is 12.0. The molecule has 1 heterocycles. The number of hydrogen-bond donors (Lipinski definition) is 1. The fraction of sp³-hybridized carbons (Fsp3) is 0.471. The molecule has 0 unspecified atom stereocenters. The molecule has 1 aliphatic rings. The number of nitrogens with one attached hydrogen (secondary N) is 1. The maximum Gasteiger partial charge on any atom is 0.0991 e. The van der Waals surface area contributed by atoms with E-state index in [9.17, 15) is 0 Å². The first kappa shape index (κ1) is 13.2. The molecule has 1 saturated carbocycles. The highest BCUT2D eigenvalue weighted by atomic mass is 15.0. The van der Waals surface area contributed by atoms with Crippen LogP contribution in [-0.4, -0.2) is 16.1 Å². The second kappa shape index (κ2) is 6.60. The van der Waals surface area contributed by atoms with E-state index in [1.54, 1.807) is 0 Å². The van der Waals surface area contributed by atoms with Gasteiger partial charge >= 0.3 is 0 Å². The molecule has 20 heavy (non-hydrogen) atoms. The predicted octanol–water partition coefficient (Wildman–Crippen LogP) is 4.25. The second-order valence-corrected chi connectivity index (χ2v) is 5.74. The van der Waals surface area contributed by atoms with Gasteiger partial charge in [0, 0.05) is 30.3 Å². The molecule has 0 atom stereocenters. The molecule has 0 saturated heterocycles. The third-order valence-corrected chi connectivity index (χ3v) is 4.26. The molecule has 106 valence electrons. The Bertz CT molecular complexity index is 513. The molecule has 0 amide bonds. The van der Waals surface area contributed by atoms with E-state index >= 15 is 0 Å². The number of benzene rings is 1. The van der Waals surface area contributed by atoms with E-state index in [0.29, 0.717) is 0 Å². The fourth-order valence-electron chi connectivity index (χ4n) is 3.08. The fourth-order valence-corrected chi connectivity index (χ4v) is 3.08. The van der Waals surface area contributed by atoms with Gasteiger partial charge in [-0.15, -0.1) is 0 Å². The molecule has 3 nitrogen and oxygen atoms in total. The lowest BCUT2D eigenvalue weighted by Crippen LogP contribution is -2.12. The van der Waals surface area contributed by atoms with Crippen molar-refractivity contribution in [3.63, 3.8) is 0 Å². The summed E-state index contributed by atoms with van der Waals surface area (Å²) >= 11 is 0. The van der Waals surface area contributed by atoms with Crippen molar-refractivity contribution in [1.82, 2.24) is 9.55 Å². The van der Waals surface area contributed by atoms with E-state index in [-0.39, 0.29) is 0 Å². The van der Waals surface area contributed by atoms with E-state index in [1.165, 1.54) is 44.2 Å².